The summed E-state index contributed by atoms with van der Waals surface area (Å²) in [5, 5.41) is 9.52. The van der Waals surface area contributed by atoms with Gasteiger partial charge in [-0.15, -0.1) is 0 Å². The second kappa shape index (κ2) is 3.95. The van der Waals surface area contributed by atoms with E-state index in [9.17, 15) is 0 Å². The summed E-state index contributed by atoms with van der Waals surface area (Å²) < 4.78 is 2.27. The lowest BCUT2D eigenvalue weighted by atomic mass is 9.90. The van der Waals surface area contributed by atoms with E-state index in [1.54, 1.807) is 0 Å². The molecule has 0 aliphatic rings. The number of hydrogen-bond donors (Lipinski definition) is 0. The van der Waals surface area contributed by atoms with Crippen LogP contribution in [0.2, 0.25) is 0 Å². The number of fused-ring (bicyclic) bond motifs is 3. The first-order valence-electron chi connectivity index (χ1n) is 7.70. The number of hydrogen-bond acceptors (Lipinski definition) is 0. The first-order valence-corrected chi connectivity index (χ1v) is 7.70. The van der Waals surface area contributed by atoms with Gasteiger partial charge in [0.25, 0.3) is 0 Å². The molecule has 0 saturated carbocycles. The maximum absolute atomic E-state index is 2.27. The van der Waals surface area contributed by atoms with Crippen molar-refractivity contribution in [1.29, 1.82) is 0 Å². The Morgan fingerprint density at radius 1 is 0.682 bits per heavy atom. The highest BCUT2D eigenvalue weighted by molar-refractivity contribution is 6.32. The summed E-state index contributed by atoms with van der Waals surface area (Å²) in [4.78, 5) is 0. The van der Waals surface area contributed by atoms with Crippen LogP contribution in [0.1, 0.15) is 5.56 Å². The lowest BCUT2D eigenvalue weighted by Crippen LogP contribution is -2.28. The molecule has 0 aliphatic heterocycles. The van der Waals surface area contributed by atoms with Crippen LogP contribution >= 0.6 is 0 Å². The van der Waals surface area contributed by atoms with Crippen molar-refractivity contribution in [2.75, 3.05) is 0 Å². The van der Waals surface area contributed by atoms with Crippen molar-refractivity contribution >= 4 is 43.2 Å². The van der Waals surface area contributed by atoms with E-state index < -0.39 is 0 Å². The van der Waals surface area contributed by atoms with Crippen molar-refractivity contribution in [1.82, 2.24) is 0 Å². The van der Waals surface area contributed by atoms with Crippen LogP contribution in [-0.2, 0) is 7.05 Å². The molecule has 1 aromatic heterocycles. The van der Waals surface area contributed by atoms with E-state index in [0.29, 0.717) is 0 Å². The monoisotopic (exact) mass is 282 g/mol. The van der Waals surface area contributed by atoms with Gasteiger partial charge < -0.3 is 0 Å². The van der Waals surface area contributed by atoms with E-state index in [1.807, 2.05) is 0 Å². The fraction of sp³-hybridized carbons (Fsp3) is 0.0952. The lowest BCUT2D eigenvalue weighted by Gasteiger charge is -2.13. The Morgan fingerprint density at radius 2 is 1.36 bits per heavy atom. The summed E-state index contributed by atoms with van der Waals surface area (Å²) in [5.74, 6) is 0. The zero-order valence-electron chi connectivity index (χ0n) is 12.7. The molecule has 0 bridgehead atoms. The third-order valence-corrected chi connectivity index (χ3v) is 4.94. The molecule has 0 aliphatic carbocycles. The number of nitrogens with zero attached hydrogens (tertiary/aromatic N) is 1. The van der Waals surface area contributed by atoms with Crippen LogP contribution < -0.4 is 4.57 Å². The van der Waals surface area contributed by atoms with Crippen LogP contribution in [0.15, 0.2) is 60.8 Å². The first kappa shape index (κ1) is 11.9. The van der Waals surface area contributed by atoms with E-state index in [2.05, 4.69) is 79.3 Å². The molecule has 5 aromatic rings. The molecule has 22 heavy (non-hydrogen) atoms. The van der Waals surface area contributed by atoms with Crippen molar-refractivity contribution < 1.29 is 4.57 Å². The highest BCUT2D eigenvalue weighted by atomic mass is 14.9. The molecule has 0 fully saturated rings. The summed E-state index contributed by atoms with van der Waals surface area (Å²) in [6.07, 6.45) is 2.17. The lowest BCUT2D eigenvalue weighted by molar-refractivity contribution is -0.643. The Hall–Kier alpha value is -2.67. The third-order valence-electron chi connectivity index (χ3n) is 4.94. The molecule has 1 heterocycles. The highest BCUT2D eigenvalue weighted by Gasteiger charge is 2.19. The van der Waals surface area contributed by atoms with Gasteiger partial charge >= 0.3 is 0 Å². The van der Waals surface area contributed by atoms with Crippen LogP contribution in [0.25, 0.3) is 43.2 Å². The van der Waals surface area contributed by atoms with Crippen LogP contribution in [0.3, 0.4) is 0 Å². The molecule has 0 spiro atoms. The molecule has 0 radical (unpaired) electrons. The second-order valence-electron chi connectivity index (χ2n) is 6.21. The summed E-state index contributed by atoms with van der Waals surface area (Å²) in [6.45, 7) is 2.21. The third kappa shape index (κ3) is 1.31. The largest absolute Gasteiger partial charge is 0.221 e. The van der Waals surface area contributed by atoms with Gasteiger partial charge in [0, 0.05) is 11.5 Å². The molecule has 0 unspecified atom stereocenters. The summed E-state index contributed by atoms with van der Waals surface area (Å²) in [5.41, 5.74) is 2.68. The predicted octanol–water partition coefficient (Wildman–Crippen LogP) is 4.87. The summed E-state index contributed by atoms with van der Waals surface area (Å²) in [6, 6.07) is 20.0. The molecule has 0 amide bonds. The molecule has 0 saturated heterocycles. The quantitative estimate of drug-likeness (QED) is 0.217. The van der Waals surface area contributed by atoms with Gasteiger partial charge in [0.2, 0.25) is 5.52 Å². The van der Waals surface area contributed by atoms with Gasteiger partial charge in [0.15, 0.2) is 6.20 Å². The minimum atomic E-state index is 1.32. The van der Waals surface area contributed by atoms with Crippen LogP contribution in [-0.4, -0.2) is 0 Å². The number of benzene rings is 4. The molecular weight excluding hydrogens is 266 g/mol. The van der Waals surface area contributed by atoms with E-state index >= 15 is 0 Å². The van der Waals surface area contributed by atoms with Crippen molar-refractivity contribution in [3.8, 4) is 0 Å². The second-order valence-corrected chi connectivity index (χ2v) is 6.21. The van der Waals surface area contributed by atoms with E-state index in [4.69, 9.17) is 0 Å². The van der Waals surface area contributed by atoms with Gasteiger partial charge in [-0.1, -0.05) is 48.5 Å². The molecule has 5 rings (SSSR count). The number of rotatable bonds is 0. The van der Waals surface area contributed by atoms with E-state index in [1.165, 1.54) is 48.8 Å². The van der Waals surface area contributed by atoms with Gasteiger partial charge in [-0.25, -0.2) is 4.57 Å². The van der Waals surface area contributed by atoms with Gasteiger partial charge in [-0.3, -0.25) is 0 Å². The summed E-state index contributed by atoms with van der Waals surface area (Å²) in [7, 11) is 2.15. The number of aromatic nitrogens is 1. The number of pyridine rings is 1. The zero-order valence-corrected chi connectivity index (χ0v) is 12.7. The van der Waals surface area contributed by atoms with Crippen molar-refractivity contribution in [3.63, 3.8) is 0 Å². The van der Waals surface area contributed by atoms with Crippen LogP contribution in [0.5, 0.6) is 0 Å². The van der Waals surface area contributed by atoms with E-state index in [0.717, 1.165) is 0 Å². The molecule has 1 heteroatoms. The van der Waals surface area contributed by atoms with Crippen molar-refractivity contribution in [2.45, 2.75) is 6.92 Å². The van der Waals surface area contributed by atoms with Gasteiger partial charge in [-0.05, 0) is 34.0 Å². The molecule has 1 nitrogen and oxygen atoms in total. The van der Waals surface area contributed by atoms with Crippen LogP contribution in [0.4, 0.5) is 0 Å². The first-order chi connectivity index (χ1) is 10.8. The summed E-state index contributed by atoms with van der Waals surface area (Å²) >= 11 is 0. The fourth-order valence-corrected chi connectivity index (χ4v) is 3.96. The topological polar surface area (TPSA) is 3.88 Å². The maximum atomic E-state index is 2.27. The minimum absolute atomic E-state index is 1.32. The normalized spacial score (nSPS) is 12.1. The SMILES string of the molecule is Cc1cccc2c3cccc4ccc5cc[n+](C)c(c12)c5c43. The standard InChI is InChI=1S/C21H16N/c1-13-5-3-7-16-17-8-4-6-14-9-10-15-11-12-22(2)21(18(13)16)20(15)19(14)17/h3-12H,1-2H3/q+1. The Kier molecular flexibility index (Phi) is 2.14. The Balaban J connectivity index is 2.34. The van der Waals surface area contributed by atoms with Gasteiger partial charge in [-0.2, -0.15) is 0 Å². The smallest absolute Gasteiger partial charge is 0.200 e. The van der Waals surface area contributed by atoms with Gasteiger partial charge in [0.05, 0.1) is 10.8 Å². The highest BCUT2D eigenvalue weighted by Crippen LogP contribution is 2.39. The minimum Gasteiger partial charge on any atom is -0.200 e. The molecule has 0 N–H and O–H groups in total. The van der Waals surface area contributed by atoms with Crippen molar-refractivity contribution in [2.24, 2.45) is 7.05 Å². The van der Waals surface area contributed by atoms with Gasteiger partial charge in [0.1, 0.15) is 7.05 Å². The molecular formula is C21H16N+. The fourth-order valence-electron chi connectivity index (χ4n) is 3.96. The average molecular weight is 282 g/mol. The maximum Gasteiger partial charge on any atom is 0.221 e. The van der Waals surface area contributed by atoms with Crippen LogP contribution in [0, 0.1) is 6.92 Å². The zero-order chi connectivity index (χ0) is 14.8. The Labute approximate surface area is 128 Å². The molecule has 0 atom stereocenters. The Morgan fingerprint density at radius 3 is 2.18 bits per heavy atom. The average Bonchev–Trinajstić information content (AvgIpc) is 2.55. The predicted molar refractivity (Wildman–Crippen MR) is 93.6 cm³/mol. The van der Waals surface area contributed by atoms with E-state index in [-0.39, 0.29) is 0 Å². The number of aryl methyl sites for hydroxylation is 2. The van der Waals surface area contributed by atoms with Crippen molar-refractivity contribution in [3.05, 3.63) is 66.4 Å². The molecule has 4 aromatic carbocycles. The Bertz CT molecular complexity index is 1180. The molecule has 104 valence electrons.